The van der Waals surface area contributed by atoms with E-state index >= 15 is 0 Å². The first-order valence-corrected chi connectivity index (χ1v) is 11.6. The lowest BCUT2D eigenvalue weighted by molar-refractivity contribution is -0.139. The molecular weight excluding hydrogens is 495 g/mol. The Balaban J connectivity index is 1.98. The monoisotopic (exact) mass is 525 g/mol. The molecule has 0 aliphatic heterocycles. The molecule has 11 heteroatoms. The van der Waals surface area contributed by atoms with Crippen molar-refractivity contribution in [2.75, 3.05) is 13.7 Å². The smallest absolute Gasteiger partial charge is 0.410 e. The Kier molecular flexibility index (Phi) is 10.8. The number of Topliss-reactive ketones (excluding diaryl/α,β-unsaturated/α-hetero) is 1. The van der Waals surface area contributed by atoms with Gasteiger partial charge in [-0.15, -0.1) is 0 Å². The van der Waals surface area contributed by atoms with Crippen molar-refractivity contribution in [2.24, 2.45) is 5.92 Å². The molecule has 1 amide bonds. The molecule has 0 aliphatic rings. The number of aromatic hydroxyl groups is 1. The molecule has 0 saturated carbocycles. The number of carbonyl (C=O) groups excluding carboxylic acids is 2. The first kappa shape index (κ1) is 29.5. The molecule has 0 fully saturated rings. The van der Waals surface area contributed by atoms with Gasteiger partial charge >= 0.3 is 17.9 Å². The first-order chi connectivity index (χ1) is 17.4. The summed E-state index contributed by atoms with van der Waals surface area (Å²) in [6.07, 6.45) is -1.51. The van der Waals surface area contributed by atoms with Gasteiger partial charge in [-0.2, -0.15) is 13.2 Å². The molecule has 0 saturated heterocycles. The van der Waals surface area contributed by atoms with Crippen LogP contribution in [0.3, 0.4) is 0 Å². The molecule has 1 aromatic heterocycles. The lowest BCUT2D eigenvalue weighted by atomic mass is 9.92. The molecule has 0 aliphatic carbocycles. The number of alkyl halides is 3. The van der Waals surface area contributed by atoms with E-state index in [2.05, 4.69) is 10.1 Å². The summed E-state index contributed by atoms with van der Waals surface area (Å²) in [6.45, 7) is 2.89. The molecule has 2 unspecified atom stereocenters. The van der Waals surface area contributed by atoms with Crippen molar-refractivity contribution in [1.29, 1.82) is 0 Å². The van der Waals surface area contributed by atoms with Crippen molar-refractivity contribution in [1.82, 2.24) is 5.32 Å². The van der Waals surface area contributed by atoms with E-state index in [1.54, 1.807) is 32.1 Å². The maximum absolute atomic E-state index is 12.9. The maximum atomic E-state index is 12.9. The van der Waals surface area contributed by atoms with Crippen LogP contribution in [0.25, 0.3) is 0 Å². The zero-order chi connectivity index (χ0) is 27.6. The second-order valence-corrected chi connectivity index (χ2v) is 8.54. The average molecular weight is 526 g/mol. The summed E-state index contributed by atoms with van der Waals surface area (Å²) >= 11 is 0. The topological polar surface area (TPSA) is 115 Å². The lowest BCUT2D eigenvalue weighted by Gasteiger charge is -2.14. The number of ether oxygens (including phenoxy) is 2. The van der Waals surface area contributed by atoms with Gasteiger partial charge < -0.3 is 19.0 Å². The van der Waals surface area contributed by atoms with Gasteiger partial charge in [0, 0.05) is 24.1 Å². The van der Waals surface area contributed by atoms with E-state index in [1.165, 1.54) is 31.5 Å². The lowest BCUT2D eigenvalue weighted by Crippen LogP contribution is -2.22. The number of allylic oxidation sites excluding steroid dienone is 1. The van der Waals surface area contributed by atoms with Gasteiger partial charge in [0.15, 0.2) is 5.78 Å². The predicted molar refractivity (Wildman–Crippen MR) is 129 cm³/mol. The summed E-state index contributed by atoms with van der Waals surface area (Å²) in [5.74, 6) is -1.49. The zero-order valence-electron chi connectivity index (χ0n) is 20.8. The summed E-state index contributed by atoms with van der Waals surface area (Å²) in [6, 6.07) is 7.51. The fourth-order valence-corrected chi connectivity index (χ4v) is 3.43. The minimum absolute atomic E-state index is 0.224. The van der Waals surface area contributed by atoms with E-state index in [4.69, 9.17) is 9.15 Å². The summed E-state index contributed by atoms with van der Waals surface area (Å²) in [5.41, 5.74) is -0.666. The Labute approximate surface area is 212 Å². The highest BCUT2D eigenvalue weighted by atomic mass is 19.4. The molecule has 1 aromatic carbocycles. The summed E-state index contributed by atoms with van der Waals surface area (Å²) in [5, 5.41) is 12.8. The largest absolute Gasteiger partial charge is 0.507 e. The van der Waals surface area contributed by atoms with Crippen LogP contribution in [0.5, 0.6) is 11.5 Å². The third-order valence-corrected chi connectivity index (χ3v) is 5.52. The van der Waals surface area contributed by atoms with Crippen molar-refractivity contribution in [3.63, 3.8) is 0 Å². The molecule has 0 spiro atoms. The number of halogens is 3. The Hall–Kier alpha value is -3.76. The SMILES string of the molecule is COC(=O)N/C=C/CCC(C)c1cc(O)c(C(=O)C(C)Cc2ccc(OCCC(F)(F)F)cc2)c(=O)o1. The van der Waals surface area contributed by atoms with Gasteiger partial charge in [-0.25, -0.2) is 9.59 Å². The highest BCUT2D eigenvalue weighted by Crippen LogP contribution is 2.27. The van der Waals surface area contributed by atoms with Gasteiger partial charge in [-0.3, -0.25) is 10.1 Å². The van der Waals surface area contributed by atoms with Crippen LogP contribution in [0, 0.1) is 5.92 Å². The number of nitrogens with one attached hydrogen (secondary N) is 1. The first-order valence-electron chi connectivity index (χ1n) is 11.6. The van der Waals surface area contributed by atoms with Crippen LogP contribution in [-0.4, -0.2) is 36.9 Å². The average Bonchev–Trinajstić information content (AvgIpc) is 2.83. The van der Waals surface area contributed by atoms with Crippen molar-refractivity contribution >= 4 is 11.9 Å². The molecule has 1 heterocycles. The Morgan fingerprint density at radius 3 is 2.46 bits per heavy atom. The molecule has 2 atom stereocenters. The second-order valence-electron chi connectivity index (χ2n) is 8.54. The highest BCUT2D eigenvalue weighted by Gasteiger charge is 2.27. The third-order valence-electron chi connectivity index (χ3n) is 5.52. The zero-order valence-corrected chi connectivity index (χ0v) is 20.8. The number of amides is 1. The van der Waals surface area contributed by atoms with E-state index in [1.807, 2.05) is 0 Å². The normalized spacial score (nSPS) is 13.2. The van der Waals surface area contributed by atoms with Crippen LogP contribution in [0.15, 0.2) is 51.8 Å². The number of rotatable bonds is 12. The van der Waals surface area contributed by atoms with E-state index in [-0.39, 0.29) is 23.8 Å². The minimum Gasteiger partial charge on any atom is -0.507 e. The number of hydrogen-bond donors (Lipinski definition) is 2. The molecule has 0 radical (unpaired) electrons. The third kappa shape index (κ3) is 9.66. The van der Waals surface area contributed by atoms with Crippen LogP contribution < -0.4 is 15.7 Å². The van der Waals surface area contributed by atoms with E-state index in [0.29, 0.717) is 18.4 Å². The molecular formula is C26H30F3NO7. The molecule has 0 bridgehead atoms. The number of methoxy groups -OCH3 is 1. The highest BCUT2D eigenvalue weighted by molar-refractivity contribution is 5.99. The van der Waals surface area contributed by atoms with Gasteiger partial charge in [0.25, 0.3) is 0 Å². The molecule has 2 N–H and O–H groups in total. The molecule has 8 nitrogen and oxygen atoms in total. The van der Waals surface area contributed by atoms with Crippen LogP contribution >= 0.6 is 0 Å². The van der Waals surface area contributed by atoms with Crippen LogP contribution in [0.4, 0.5) is 18.0 Å². The Morgan fingerprint density at radius 1 is 1.19 bits per heavy atom. The summed E-state index contributed by atoms with van der Waals surface area (Å²) in [7, 11) is 1.25. The molecule has 37 heavy (non-hydrogen) atoms. The fraction of sp³-hybridized carbons (Fsp3) is 0.423. The van der Waals surface area contributed by atoms with Gasteiger partial charge in [0.1, 0.15) is 22.8 Å². The minimum atomic E-state index is -4.30. The standard InChI is InChI=1S/C26H30F3NO7/c1-16(6-4-5-12-30-25(34)35-3)21-15-20(31)22(24(33)37-21)23(32)17(2)14-18-7-9-19(10-8-18)36-13-11-26(27,28)29/h5,7-10,12,15-17,31H,4,6,11,13-14H2,1-3H3,(H,30,34)/b12-5+. The van der Waals surface area contributed by atoms with Gasteiger partial charge in [0.05, 0.1) is 20.1 Å². The Bertz CT molecular complexity index is 1140. The molecule has 2 rings (SSSR count). The number of ketones is 1. The van der Waals surface area contributed by atoms with Gasteiger partial charge in [0.2, 0.25) is 0 Å². The fourth-order valence-electron chi connectivity index (χ4n) is 3.43. The van der Waals surface area contributed by atoms with Crippen molar-refractivity contribution in [2.45, 2.75) is 51.6 Å². The number of benzene rings is 1. The summed E-state index contributed by atoms with van der Waals surface area (Å²) < 4.78 is 51.5. The molecule has 2 aromatic rings. The van der Waals surface area contributed by atoms with Crippen LogP contribution in [-0.2, 0) is 11.2 Å². The summed E-state index contributed by atoms with van der Waals surface area (Å²) in [4.78, 5) is 36.4. The quantitative estimate of drug-likeness (QED) is 0.352. The number of alkyl carbamates (subject to hydrolysis) is 1. The van der Waals surface area contributed by atoms with Gasteiger partial charge in [-0.1, -0.05) is 32.1 Å². The second kappa shape index (κ2) is 13.5. The van der Waals surface area contributed by atoms with E-state index < -0.39 is 53.9 Å². The van der Waals surface area contributed by atoms with Crippen molar-refractivity contribution in [3.05, 3.63) is 69.9 Å². The predicted octanol–water partition coefficient (Wildman–Crippen LogP) is 5.49. The molecule has 202 valence electrons. The van der Waals surface area contributed by atoms with Crippen LogP contribution in [0.1, 0.15) is 60.7 Å². The number of hydrogen-bond acceptors (Lipinski definition) is 7. The Morgan fingerprint density at radius 2 is 1.86 bits per heavy atom. The van der Waals surface area contributed by atoms with Crippen molar-refractivity contribution < 1.29 is 41.8 Å². The van der Waals surface area contributed by atoms with Crippen LogP contribution in [0.2, 0.25) is 0 Å². The van der Waals surface area contributed by atoms with Gasteiger partial charge in [-0.05, 0) is 37.0 Å². The van der Waals surface area contributed by atoms with Crippen molar-refractivity contribution in [3.8, 4) is 11.5 Å². The number of carbonyl (C=O) groups is 2. The van der Waals surface area contributed by atoms with E-state index in [0.717, 1.165) is 0 Å². The maximum Gasteiger partial charge on any atom is 0.410 e. The van der Waals surface area contributed by atoms with E-state index in [9.17, 15) is 32.7 Å².